The molecule has 2 heterocycles. The fraction of sp³-hybridized carbons (Fsp3) is 0.400. The average molecular weight is 424 g/mol. The number of halogens is 5. The van der Waals surface area contributed by atoms with Gasteiger partial charge in [-0.15, -0.1) is 0 Å². The van der Waals surface area contributed by atoms with Crippen molar-refractivity contribution in [2.24, 2.45) is 7.05 Å². The highest BCUT2D eigenvalue weighted by molar-refractivity contribution is 9.10. The maximum absolute atomic E-state index is 13.9. The Balaban J connectivity index is 2.84. The minimum Gasteiger partial charge on any atom is -0.294 e. The summed E-state index contributed by atoms with van der Waals surface area (Å²) in [7, 11) is 0.897. The molecule has 136 valence electrons. The maximum atomic E-state index is 13.9. The Labute approximate surface area is 148 Å². The van der Waals surface area contributed by atoms with Crippen LogP contribution in [0.5, 0.6) is 0 Å². The molecule has 0 aromatic carbocycles. The molecule has 0 saturated carbocycles. The molecular weight excluding hydrogens is 410 g/mol. The molecule has 0 fully saturated rings. The lowest BCUT2D eigenvalue weighted by molar-refractivity contribution is -0.208. The summed E-state index contributed by atoms with van der Waals surface area (Å²) in [5, 5.41) is 0. The molecule has 0 saturated heterocycles. The first-order valence-electron chi connectivity index (χ1n) is 7.02. The van der Waals surface area contributed by atoms with Gasteiger partial charge in [-0.25, -0.2) is 14.3 Å². The molecule has 25 heavy (non-hydrogen) atoms. The highest BCUT2D eigenvalue weighted by Gasteiger charge is 2.55. The molecule has 2 aromatic rings. The van der Waals surface area contributed by atoms with Gasteiger partial charge in [-0.1, -0.05) is 0 Å². The highest BCUT2D eigenvalue weighted by atomic mass is 79.9. The smallest absolute Gasteiger partial charge is 0.294 e. The van der Waals surface area contributed by atoms with Crippen LogP contribution < -0.4 is 11.2 Å². The summed E-state index contributed by atoms with van der Waals surface area (Å²) >= 11 is 3.25. The van der Waals surface area contributed by atoms with Gasteiger partial charge in [0.15, 0.2) is 0 Å². The van der Waals surface area contributed by atoms with Crippen molar-refractivity contribution in [2.75, 3.05) is 0 Å². The van der Waals surface area contributed by atoms with Gasteiger partial charge < -0.3 is 0 Å². The molecule has 0 aliphatic rings. The Kier molecular flexibility index (Phi) is 4.71. The fourth-order valence-corrected chi connectivity index (χ4v) is 2.66. The van der Waals surface area contributed by atoms with E-state index in [1.807, 2.05) is 0 Å². The van der Waals surface area contributed by atoms with Crippen LogP contribution in [0.4, 0.5) is 17.6 Å². The number of alkyl halides is 4. The third-order valence-corrected chi connectivity index (χ3v) is 4.52. The van der Waals surface area contributed by atoms with Crippen molar-refractivity contribution in [3.63, 3.8) is 0 Å². The molecule has 0 N–H and O–H groups in total. The number of rotatable bonds is 3. The number of aryl methyl sites for hydroxylation is 2. The van der Waals surface area contributed by atoms with E-state index in [2.05, 4.69) is 20.9 Å². The molecule has 0 spiro atoms. The van der Waals surface area contributed by atoms with Gasteiger partial charge in [0.05, 0.1) is 5.69 Å². The molecule has 10 heteroatoms. The SMILES string of the molecule is Cc1cc(Br)c(C)nc1-n1c(=O)cc(C(F)(F)C(C)(F)F)n(C)c1=O. The number of pyridine rings is 1. The van der Waals surface area contributed by atoms with Gasteiger partial charge in [0.2, 0.25) is 0 Å². The summed E-state index contributed by atoms with van der Waals surface area (Å²) in [6.45, 7) is 3.20. The standard InChI is InChI=1S/C15H14BrF4N3O2/c1-7-5-9(16)8(2)21-12(7)23-11(24)6-10(22(4)13(23)25)15(19,20)14(3,17)18/h5-6H,1-4H3. The predicted molar refractivity (Wildman–Crippen MR) is 86.8 cm³/mol. The van der Waals surface area contributed by atoms with E-state index in [0.717, 1.165) is 7.05 Å². The Morgan fingerprint density at radius 3 is 2.20 bits per heavy atom. The largest absolute Gasteiger partial charge is 0.349 e. The van der Waals surface area contributed by atoms with Crippen LogP contribution in [0.2, 0.25) is 0 Å². The highest BCUT2D eigenvalue weighted by Crippen LogP contribution is 2.41. The van der Waals surface area contributed by atoms with E-state index in [-0.39, 0.29) is 12.7 Å². The van der Waals surface area contributed by atoms with Crippen LogP contribution in [-0.2, 0) is 13.0 Å². The van der Waals surface area contributed by atoms with Crippen molar-refractivity contribution in [3.05, 3.63) is 54.4 Å². The summed E-state index contributed by atoms with van der Waals surface area (Å²) in [5.41, 5.74) is -2.83. The second-order valence-electron chi connectivity index (χ2n) is 5.70. The Morgan fingerprint density at radius 1 is 1.12 bits per heavy atom. The number of hydrogen-bond donors (Lipinski definition) is 0. The minimum absolute atomic E-state index is 0.0206. The van der Waals surface area contributed by atoms with Gasteiger partial charge in [-0.3, -0.25) is 9.36 Å². The first kappa shape index (κ1) is 19.4. The predicted octanol–water partition coefficient (Wildman–Crippen LogP) is 3.06. The lowest BCUT2D eigenvalue weighted by Crippen LogP contribution is -2.46. The summed E-state index contributed by atoms with van der Waals surface area (Å²) < 4.78 is 55.8. The van der Waals surface area contributed by atoms with Gasteiger partial charge in [0.25, 0.3) is 5.56 Å². The lowest BCUT2D eigenvalue weighted by atomic mass is 10.1. The number of aromatic nitrogens is 3. The zero-order valence-electron chi connectivity index (χ0n) is 13.7. The monoisotopic (exact) mass is 423 g/mol. The normalized spacial score (nSPS) is 12.5. The van der Waals surface area contributed by atoms with E-state index in [9.17, 15) is 27.2 Å². The molecule has 5 nitrogen and oxygen atoms in total. The van der Waals surface area contributed by atoms with Crippen LogP contribution in [0.1, 0.15) is 23.9 Å². The fourth-order valence-electron chi connectivity index (χ4n) is 2.23. The molecule has 0 bridgehead atoms. The van der Waals surface area contributed by atoms with Crippen molar-refractivity contribution in [1.82, 2.24) is 14.1 Å². The zero-order chi connectivity index (χ0) is 19.3. The van der Waals surface area contributed by atoms with Gasteiger partial charge in [-0.2, -0.15) is 17.6 Å². The third-order valence-electron chi connectivity index (χ3n) is 3.72. The topological polar surface area (TPSA) is 56.9 Å². The van der Waals surface area contributed by atoms with Crippen LogP contribution in [0.15, 0.2) is 26.2 Å². The van der Waals surface area contributed by atoms with Crippen LogP contribution in [0.3, 0.4) is 0 Å². The van der Waals surface area contributed by atoms with Crippen LogP contribution >= 0.6 is 15.9 Å². The van der Waals surface area contributed by atoms with E-state index in [1.54, 1.807) is 19.9 Å². The summed E-state index contributed by atoms with van der Waals surface area (Å²) in [6, 6.07) is 1.93. The van der Waals surface area contributed by atoms with E-state index < -0.39 is 28.8 Å². The first-order valence-corrected chi connectivity index (χ1v) is 7.81. The van der Waals surface area contributed by atoms with Crippen molar-refractivity contribution < 1.29 is 17.6 Å². The van der Waals surface area contributed by atoms with Gasteiger partial charge in [0.1, 0.15) is 11.5 Å². The van der Waals surface area contributed by atoms with E-state index in [1.165, 1.54) is 0 Å². The minimum atomic E-state index is -4.68. The van der Waals surface area contributed by atoms with Crippen molar-refractivity contribution in [1.29, 1.82) is 0 Å². The summed E-state index contributed by atoms with van der Waals surface area (Å²) in [4.78, 5) is 28.8. The summed E-state index contributed by atoms with van der Waals surface area (Å²) in [5.74, 6) is -9.18. The zero-order valence-corrected chi connectivity index (χ0v) is 15.3. The molecular formula is C15H14BrF4N3O2. The van der Waals surface area contributed by atoms with Crippen LogP contribution in [-0.4, -0.2) is 20.0 Å². The molecule has 0 amide bonds. The van der Waals surface area contributed by atoms with E-state index in [4.69, 9.17) is 0 Å². The number of nitrogens with zero attached hydrogens (tertiary/aromatic N) is 3. The van der Waals surface area contributed by atoms with Gasteiger partial charge in [0, 0.05) is 24.5 Å². The number of hydrogen-bond acceptors (Lipinski definition) is 3. The van der Waals surface area contributed by atoms with Crippen molar-refractivity contribution in [3.8, 4) is 5.82 Å². The molecule has 0 aliphatic heterocycles. The van der Waals surface area contributed by atoms with E-state index in [0.29, 0.717) is 30.9 Å². The Morgan fingerprint density at radius 2 is 1.68 bits per heavy atom. The second-order valence-corrected chi connectivity index (χ2v) is 6.56. The Bertz CT molecular complexity index is 961. The van der Waals surface area contributed by atoms with Crippen molar-refractivity contribution >= 4 is 15.9 Å². The molecule has 0 atom stereocenters. The van der Waals surface area contributed by atoms with Crippen molar-refractivity contribution in [2.45, 2.75) is 32.6 Å². The quantitative estimate of drug-likeness (QED) is 0.712. The Hall–Kier alpha value is -1.97. The molecule has 2 aromatic heterocycles. The first-order chi connectivity index (χ1) is 11.3. The lowest BCUT2D eigenvalue weighted by Gasteiger charge is -2.25. The molecule has 2 rings (SSSR count). The third kappa shape index (κ3) is 3.14. The van der Waals surface area contributed by atoms with Gasteiger partial charge in [-0.05, 0) is 41.4 Å². The molecule has 0 aliphatic carbocycles. The van der Waals surface area contributed by atoms with Crippen LogP contribution in [0, 0.1) is 13.8 Å². The average Bonchev–Trinajstić information content (AvgIpc) is 2.46. The summed E-state index contributed by atoms with van der Waals surface area (Å²) in [6.07, 6.45) is 0. The second kappa shape index (κ2) is 6.08. The molecule has 0 radical (unpaired) electrons. The van der Waals surface area contributed by atoms with Gasteiger partial charge >= 0.3 is 17.5 Å². The molecule has 0 unspecified atom stereocenters. The van der Waals surface area contributed by atoms with Crippen LogP contribution in [0.25, 0.3) is 5.82 Å². The maximum Gasteiger partial charge on any atom is 0.349 e. The van der Waals surface area contributed by atoms with E-state index >= 15 is 0 Å².